The zero-order valence-corrected chi connectivity index (χ0v) is 10.1. The van der Waals surface area contributed by atoms with Crippen LogP contribution in [-0.4, -0.2) is 23.0 Å². The van der Waals surface area contributed by atoms with Crippen LogP contribution in [0.25, 0.3) is 0 Å². The Kier molecular flexibility index (Phi) is 3.52. The number of Topliss-reactive ketones (excluding diaryl/α,β-unsaturated/α-hetero) is 1. The van der Waals surface area contributed by atoms with Gasteiger partial charge in [0, 0.05) is 12.6 Å². The van der Waals surface area contributed by atoms with Crippen molar-refractivity contribution in [2.75, 3.05) is 7.11 Å². The molecule has 16 heavy (non-hydrogen) atoms. The fourth-order valence-electron chi connectivity index (χ4n) is 1.42. The maximum absolute atomic E-state index is 12.0. The molecule has 0 bridgehead atoms. The summed E-state index contributed by atoms with van der Waals surface area (Å²) < 4.78 is 4.97. The Morgan fingerprint density at radius 2 is 2.12 bits per heavy atom. The molecule has 0 amide bonds. The van der Waals surface area contributed by atoms with Crippen LogP contribution in [0.15, 0.2) is 12.3 Å². The molecule has 0 aliphatic heterocycles. The van der Waals surface area contributed by atoms with Crippen LogP contribution in [0.5, 0.6) is 11.6 Å². The fourth-order valence-corrected chi connectivity index (χ4v) is 1.42. The molecule has 0 saturated heterocycles. The van der Waals surface area contributed by atoms with Gasteiger partial charge in [-0.25, -0.2) is 4.98 Å². The van der Waals surface area contributed by atoms with E-state index >= 15 is 0 Å². The molecular weight excluding hydrogens is 206 g/mol. The van der Waals surface area contributed by atoms with Crippen molar-refractivity contribution in [2.45, 2.75) is 27.2 Å². The molecule has 0 radical (unpaired) electrons. The van der Waals surface area contributed by atoms with E-state index in [4.69, 9.17) is 4.74 Å². The lowest BCUT2D eigenvalue weighted by molar-refractivity contribution is 0.0933. The Morgan fingerprint density at radius 3 is 2.62 bits per heavy atom. The molecule has 0 fully saturated rings. The van der Waals surface area contributed by atoms with Gasteiger partial charge < -0.3 is 9.84 Å². The summed E-state index contributed by atoms with van der Waals surface area (Å²) >= 11 is 0. The van der Waals surface area contributed by atoms with E-state index in [0.29, 0.717) is 6.42 Å². The first-order valence-electron chi connectivity index (χ1n) is 5.10. The lowest BCUT2D eigenvalue weighted by Gasteiger charge is -2.17. The van der Waals surface area contributed by atoms with Gasteiger partial charge in [-0.15, -0.1) is 0 Å². The van der Waals surface area contributed by atoms with Crippen LogP contribution < -0.4 is 4.74 Å². The molecule has 0 atom stereocenters. The zero-order chi connectivity index (χ0) is 12.3. The predicted octanol–water partition coefficient (Wildman–Crippen LogP) is 2.41. The summed E-state index contributed by atoms with van der Waals surface area (Å²) in [5, 5.41) is 9.65. The number of methoxy groups -OCH3 is 1. The molecular formula is C12H17NO3. The highest BCUT2D eigenvalue weighted by Crippen LogP contribution is 2.30. The fraction of sp³-hybridized carbons (Fsp3) is 0.500. The molecule has 1 aromatic heterocycles. The SMILES string of the molecule is COc1nccc(O)c1C(=O)CC(C)(C)C. The minimum Gasteiger partial charge on any atom is -0.507 e. The number of carbonyl (C=O) groups is 1. The number of ketones is 1. The molecule has 88 valence electrons. The molecule has 0 unspecified atom stereocenters. The molecule has 4 heteroatoms. The number of ether oxygens (including phenoxy) is 1. The largest absolute Gasteiger partial charge is 0.507 e. The number of aromatic hydroxyl groups is 1. The van der Waals surface area contributed by atoms with Gasteiger partial charge in [0.05, 0.1) is 7.11 Å². The van der Waals surface area contributed by atoms with Crippen molar-refractivity contribution >= 4 is 5.78 Å². The molecule has 0 aromatic carbocycles. The quantitative estimate of drug-likeness (QED) is 0.799. The highest BCUT2D eigenvalue weighted by Gasteiger charge is 2.23. The van der Waals surface area contributed by atoms with E-state index in [1.165, 1.54) is 19.4 Å². The standard InChI is InChI=1S/C12H17NO3/c1-12(2,3)7-9(15)10-8(14)5-6-13-11(10)16-4/h5-6H,7H2,1-4H3,(H,13,14). The number of hydrogen-bond donors (Lipinski definition) is 1. The monoisotopic (exact) mass is 223 g/mol. The highest BCUT2D eigenvalue weighted by molar-refractivity contribution is 6.00. The van der Waals surface area contributed by atoms with E-state index in [9.17, 15) is 9.90 Å². The van der Waals surface area contributed by atoms with Gasteiger partial charge in [-0.2, -0.15) is 0 Å². The first-order valence-corrected chi connectivity index (χ1v) is 5.10. The number of hydrogen-bond acceptors (Lipinski definition) is 4. The third-order valence-electron chi connectivity index (χ3n) is 2.06. The van der Waals surface area contributed by atoms with Crippen LogP contribution in [0.3, 0.4) is 0 Å². The van der Waals surface area contributed by atoms with Crippen LogP contribution in [0, 0.1) is 5.41 Å². The molecule has 4 nitrogen and oxygen atoms in total. The number of aromatic nitrogens is 1. The number of carbonyl (C=O) groups excluding carboxylic acids is 1. The second-order valence-electron chi connectivity index (χ2n) is 4.87. The Hall–Kier alpha value is -1.58. The van der Waals surface area contributed by atoms with Crippen LogP contribution >= 0.6 is 0 Å². The van der Waals surface area contributed by atoms with Crippen molar-refractivity contribution in [3.05, 3.63) is 17.8 Å². The van der Waals surface area contributed by atoms with Crippen molar-refractivity contribution in [3.63, 3.8) is 0 Å². The highest BCUT2D eigenvalue weighted by atomic mass is 16.5. The van der Waals surface area contributed by atoms with Gasteiger partial charge in [-0.05, 0) is 11.5 Å². The summed E-state index contributed by atoms with van der Waals surface area (Å²) in [5.74, 6) is -0.0645. The van der Waals surface area contributed by atoms with E-state index in [0.717, 1.165) is 0 Å². The molecule has 0 spiro atoms. The molecule has 1 N–H and O–H groups in total. The average Bonchev–Trinajstić information content (AvgIpc) is 2.14. The smallest absolute Gasteiger partial charge is 0.227 e. The Balaban J connectivity index is 3.08. The average molecular weight is 223 g/mol. The molecule has 0 aliphatic rings. The first-order chi connectivity index (χ1) is 7.35. The van der Waals surface area contributed by atoms with Crippen LogP contribution in [0.1, 0.15) is 37.6 Å². The van der Waals surface area contributed by atoms with Crippen molar-refractivity contribution in [3.8, 4) is 11.6 Å². The van der Waals surface area contributed by atoms with Gasteiger partial charge in [0.2, 0.25) is 5.88 Å². The van der Waals surface area contributed by atoms with Gasteiger partial charge in [-0.3, -0.25) is 4.79 Å². The summed E-state index contributed by atoms with van der Waals surface area (Å²) in [7, 11) is 1.43. The van der Waals surface area contributed by atoms with E-state index in [1.807, 2.05) is 20.8 Å². The second kappa shape index (κ2) is 4.51. The molecule has 0 aliphatic carbocycles. The van der Waals surface area contributed by atoms with Gasteiger partial charge in [-0.1, -0.05) is 20.8 Å². The normalized spacial score (nSPS) is 11.2. The lowest BCUT2D eigenvalue weighted by Crippen LogP contribution is -2.14. The van der Waals surface area contributed by atoms with Crippen LogP contribution in [-0.2, 0) is 0 Å². The van der Waals surface area contributed by atoms with Crippen LogP contribution in [0.2, 0.25) is 0 Å². The topological polar surface area (TPSA) is 59.4 Å². The first kappa shape index (κ1) is 12.5. The van der Waals surface area contributed by atoms with Crippen LogP contribution in [0.4, 0.5) is 0 Å². The van der Waals surface area contributed by atoms with E-state index in [1.54, 1.807) is 0 Å². The summed E-state index contributed by atoms with van der Waals surface area (Å²) in [6.45, 7) is 5.89. The summed E-state index contributed by atoms with van der Waals surface area (Å²) in [5.41, 5.74) is 0.0320. The van der Waals surface area contributed by atoms with Gasteiger partial charge in [0.15, 0.2) is 5.78 Å². The van der Waals surface area contributed by atoms with Crippen molar-refractivity contribution < 1.29 is 14.6 Å². The zero-order valence-electron chi connectivity index (χ0n) is 10.1. The van der Waals surface area contributed by atoms with Crippen molar-refractivity contribution in [2.24, 2.45) is 5.41 Å². The number of nitrogens with zero attached hydrogens (tertiary/aromatic N) is 1. The van der Waals surface area contributed by atoms with Gasteiger partial charge in [0.25, 0.3) is 0 Å². The summed E-state index contributed by atoms with van der Waals surface area (Å²) in [6, 6.07) is 1.39. The lowest BCUT2D eigenvalue weighted by atomic mass is 9.88. The maximum atomic E-state index is 12.0. The van der Waals surface area contributed by atoms with Gasteiger partial charge in [0.1, 0.15) is 11.3 Å². The minimum absolute atomic E-state index is 0.0823. The van der Waals surface area contributed by atoms with E-state index in [2.05, 4.69) is 4.98 Å². The number of rotatable bonds is 3. The Morgan fingerprint density at radius 1 is 1.50 bits per heavy atom. The Labute approximate surface area is 95.3 Å². The second-order valence-corrected chi connectivity index (χ2v) is 4.87. The molecule has 1 rings (SSSR count). The third kappa shape index (κ3) is 2.95. The van der Waals surface area contributed by atoms with E-state index in [-0.39, 0.29) is 28.4 Å². The minimum atomic E-state index is -0.157. The summed E-state index contributed by atoms with van der Waals surface area (Å²) in [4.78, 5) is 15.9. The van der Waals surface area contributed by atoms with Crippen molar-refractivity contribution in [1.29, 1.82) is 0 Å². The maximum Gasteiger partial charge on any atom is 0.227 e. The Bertz CT molecular complexity index is 394. The number of pyridine rings is 1. The predicted molar refractivity (Wildman–Crippen MR) is 60.9 cm³/mol. The molecule has 0 saturated carbocycles. The summed E-state index contributed by atoms with van der Waals surface area (Å²) in [6.07, 6.45) is 1.74. The van der Waals surface area contributed by atoms with Gasteiger partial charge >= 0.3 is 0 Å². The molecule has 1 aromatic rings. The van der Waals surface area contributed by atoms with E-state index < -0.39 is 0 Å². The third-order valence-corrected chi connectivity index (χ3v) is 2.06. The van der Waals surface area contributed by atoms with Crippen molar-refractivity contribution in [1.82, 2.24) is 4.98 Å². The molecule has 1 heterocycles.